The second kappa shape index (κ2) is 9.72. The molecule has 0 fully saturated rings. The van der Waals surface area contributed by atoms with Crippen LogP contribution in [0.5, 0.6) is 5.75 Å². The molecule has 7 heteroatoms. The first-order chi connectivity index (χ1) is 17.1. The molecule has 0 bridgehead atoms. The van der Waals surface area contributed by atoms with Crippen LogP contribution in [0.25, 0.3) is 17.0 Å². The van der Waals surface area contributed by atoms with Crippen LogP contribution in [-0.2, 0) is 6.42 Å². The molecule has 1 aliphatic rings. The molecular formula is C28H26N4O2S. The first kappa shape index (κ1) is 22.8. The Morgan fingerprint density at radius 2 is 1.80 bits per heavy atom. The fraction of sp³-hybridized carbons (Fsp3) is 0.179. The molecule has 176 valence electrons. The van der Waals surface area contributed by atoms with Gasteiger partial charge in [0.1, 0.15) is 5.75 Å². The van der Waals surface area contributed by atoms with E-state index in [9.17, 15) is 0 Å². The Labute approximate surface area is 210 Å². The molecule has 35 heavy (non-hydrogen) atoms. The number of thiocarbonyl (C=S) groups is 1. The second-order valence-corrected chi connectivity index (χ2v) is 8.69. The SMILES string of the molecule is CCc1ccc(N2C(=S)NC(c3ccccc3)C(c3nc(-c4cccc(OC)c4)no3)=C2C)cc1. The quantitative estimate of drug-likeness (QED) is 0.330. The van der Waals surface area contributed by atoms with Gasteiger partial charge in [0.25, 0.3) is 5.89 Å². The lowest BCUT2D eigenvalue weighted by Crippen LogP contribution is -2.46. The van der Waals surface area contributed by atoms with Crippen molar-refractivity contribution in [3.63, 3.8) is 0 Å². The maximum Gasteiger partial charge on any atom is 0.258 e. The number of allylic oxidation sites excluding steroid dienone is 1. The summed E-state index contributed by atoms with van der Waals surface area (Å²) in [5, 5.41) is 8.41. The number of rotatable bonds is 6. The van der Waals surface area contributed by atoms with Crippen molar-refractivity contribution in [2.24, 2.45) is 0 Å². The monoisotopic (exact) mass is 482 g/mol. The normalized spacial score (nSPS) is 15.8. The van der Waals surface area contributed by atoms with Gasteiger partial charge in [0.2, 0.25) is 5.82 Å². The van der Waals surface area contributed by atoms with Gasteiger partial charge in [-0.2, -0.15) is 4.98 Å². The number of aryl methyl sites for hydroxylation is 1. The van der Waals surface area contributed by atoms with Crippen LogP contribution in [0.1, 0.15) is 36.9 Å². The van der Waals surface area contributed by atoms with Crippen molar-refractivity contribution in [1.29, 1.82) is 0 Å². The third-order valence-electron chi connectivity index (χ3n) is 6.20. The average molecular weight is 483 g/mol. The molecule has 0 amide bonds. The Kier molecular flexibility index (Phi) is 6.33. The fourth-order valence-corrected chi connectivity index (χ4v) is 4.68. The zero-order valence-electron chi connectivity index (χ0n) is 19.9. The largest absolute Gasteiger partial charge is 0.497 e. The van der Waals surface area contributed by atoms with E-state index in [0.29, 0.717) is 16.8 Å². The number of nitrogens with one attached hydrogen (secondary N) is 1. The summed E-state index contributed by atoms with van der Waals surface area (Å²) < 4.78 is 11.2. The van der Waals surface area contributed by atoms with Crippen molar-refractivity contribution in [2.75, 3.05) is 12.0 Å². The van der Waals surface area contributed by atoms with E-state index < -0.39 is 0 Å². The second-order valence-electron chi connectivity index (χ2n) is 8.30. The molecule has 4 aromatic rings. The minimum absolute atomic E-state index is 0.228. The Morgan fingerprint density at radius 1 is 1.03 bits per heavy atom. The molecule has 6 nitrogen and oxygen atoms in total. The predicted octanol–water partition coefficient (Wildman–Crippen LogP) is 6.17. The van der Waals surface area contributed by atoms with Crippen molar-refractivity contribution >= 4 is 28.6 Å². The number of ether oxygens (including phenoxy) is 1. The first-order valence-electron chi connectivity index (χ1n) is 11.5. The van der Waals surface area contributed by atoms with Gasteiger partial charge in [0.05, 0.1) is 18.7 Å². The lowest BCUT2D eigenvalue weighted by Gasteiger charge is -2.37. The summed E-state index contributed by atoms with van der Waals surface area (Å²) in [5.41, 5.74) is 5.95. The van der Waals surface area contributed by atoms with Gasteiger partial charge < -0.3 is 14.6 Å². The molecule has 2 heterocycles. The minimum atomic E-state index is -0.228. The number of nitrogens with zero attached hydrogens (tertiary/aromatic N) is 3. The van der Waals surface area contributed by atoms with Gasteiger partial charge in [-0.25, -0.2) is 0 Å². The Hall–Kier alpha value is -3.97. The highest BCUT2D eigenvalue weighted by atomic mass is 32.1. The van der Waals surface area contributed by atoms with Gasteiger partial charge >= 0.3 is 0 Å². The first-order valence-corrected chi connectivity index (χ1v) is 11.9. The van der Waals surface area contributed by atoms with E-state index in [2.05, 4.69) is 53.8 Å². The van der Waals surface area contributed by atoms with E-state index in [1.165, 1.54) is 5.56 Å². The van der Waals surface area contributed by atoms with Crippen LogP contribution < -0.4 is 15.0 Å². The Balaban J connectivity index is 1.63. The van der Waals surface area contributed by atoms with Crippen LogP contribution in [0.15, 0.2) is 89.1 Å². The summed E-state index contributed by atoms with van der Waals surface area (Å²) in [5.74, 6) is 1.68. The predicted molar refractivity (Wildman–Crippen MR) is 142 cm³/mol. The average Bonchev–Trinajstić information content (AvgIpc) is 3.39. The molecule has 0 saturated heterocycles. The maximum absolute atomic E-state index is 5.84. The number of methoxy groups -OCH3 is 1. The molecule has 0 spiro atoms. The van der Waals surface area contributed by atoms with Crippen LogP contribution in [0.2, 0.25) is 0 Å². The molecule has 1 aliphatic heterocycles. The van der Waals surface area contributed by atoms with Crippen LogP contribution in [0.4, 0.5) is 5.69 Å². The summed E-state index contributed by atoms with van der Waals surface area (Å²) in [7, 11) is 1.64. The maximum atomic E-state index is 5.84. The zero-order chi connectivity index (χ0) is 24.4. The van der Waals surface area contributed by atoms with E-state index >= 15 is 0 Å². The third kappa shape index (κ3) is 4.42. The Bertz CT molecular complexity index is 1380. The van der Waals surface area contributed by atoms with Gasteiger partial charge in [0, 0.05) is 16.9 Å². The molecule has 1 N–H and O–H groups in total. The summed E-state index contributed by atoms with van der Waals surface area (Å²) in [6.45, 7) is 4.19. The summed E-state index contributed by atoms with van der Waals surface area (Å²) >= 11 is 5.84. The van der Waals surface area contributed by atoms with Crippen LogP contribution in [0, 0.1) is 0 Å². The molecule has 0 radical (unpaired) electrons. The van der Waals surface area contributed by atoms with Crippen molar-refractivity contribution < 1.29 is 9.26 Å². The third-order valence-corrected chi connectivity index (χ3v) is 6.51. The smallest absolute Gasteiger partial charge is 0.258 e. The number of hydrogen-bond donors (Lipinski definition) is 1. The van der Waals surface area contributed by atoms with E-state index in [0.717, 1.165) is 40.3 Å². The number of aromatic nitrogens is 2. The van der Waals surface area contributed by atoms with E-state index in [4.69, 9.17) is 26.5 Å². The van der Waals surface area contributed by atoms with Crippen molar-refractivity contribution in [2.45, 2.75) is 26.3 Å². The zero-order valence-corrected chi connectivity index (χ0v) is 20.7. The van der Waals surface area contributed by atoms with Crippen molar-refractivity contribution in [3.8, 4) is 17.1 Å². The van der Waals surface area contributed by atoms with Crippen LogP contribution in [-0.4, -0.2) is 22.4 Å². The summed E-state index contributed by atoms with van der Waals surface area (Å²) in [4.78, 5) is 6.81. The van der Waals surface area contributed by atoms with Crippen LogP contribution >= 0.6 is 12.2 Å². The lowest BCUT2D eigenvalue weighted by atomic mass is 9.94. The molecule has 3 aromatic carbocycles. The van der Waals surface area contributed by atoms with Gasteiger partial charge in [-0.15, -0.1) is 0 Å². The highest BCUT2D eigenvalue weighted by Crippen LogP contribution is 2.39. The molecule has 1 aromatic heterocycles. The molecular weight excluding hydrogens is 456 g/mol. The van der Waals surface area contributed by atoms with Gasteiger partial charge in [-0.05, 0) is 61.0 Å². The topological polar surface area (TPSA) is 63.4 Å². The molecule has 1 atom stereocenters. The van der Waals surface area contributed by atoms with Gasteiger partial charge in [-0.3, -0.25) is 4.90 Å². The molecule has 0 aliphatic carbocycles. The van der Waals surface area contributed by atoms with E-state index in [1.807, 2.05) is 54.3 Å². The van der Waals surface area contributed by atoms with Crippen molar-refractivity contribution in [3.05, 3.63) is 102 Å². The van der Waals surface area contributed by atoms with Crippen molar-refractivity contribution in [1.82, 2.24) is 15.5 Å². The molecule has 0 saturated carbocycles. The minimum Gasteiger partial charge on any atom is -0.497 e. The van der Waals surface area contributed by atoms with E-state index in [-0.39, 0.29) is 6.04 Å². The Morgan fingerprint density at radius 3 is 2.51 bits per heavy atom. The number of benzene rings is 3. The summed E-state index contributed by atoms with van der Waals surface area (Å²) in [6.07, 6.45) is 0.980. The fourth-order valence-electron chi connectivity index (χ4n) is 4.32. The number of hydrogen-bond acceptors (Lipinski definition) is 5. The molecule has 1 unspecified atom stereocenters. The van der Waals surface area contributed by atoms with Crippen LogP contribution in [0.3, 0.4) is 0 Å². The standard InChI is InChI=1S/C28H26N4O2S/c1-4-19-13-15-22(16-14-19)32-18(2)24(25(29-28(32)35)20-9-6-5-7-10-20)27-30-26(31-34-27)21-11-8-12-23(17-21)33-3/h5-17,25H,4H2,1-3H3,(H,29,35). The molecule has 5 rings (SSSR count). The summed E-state index contributed by atoms with van der Waals surface area (Å²) in [6, 6.07) is 26.0. The van der Waals surface area contributed by atoms with Gasteiger partial charge in [0.15, 0.2) is 5.11 Å². The number of anilines is 1. The highest BCUT2D eigenvalue weighted by molar-refractivity contribution is 7.80. The highest BCUT2D eigenvalue weighted by Gasteiger charge is 2.34. The lowest BCUT2D eigenvalue weighted by molar-refractivity contribution is 0.403. The van der Waals surface area contributed by atoms with Gasteiger partial charge in [-0.1, -0.05) is 66.7 Å². The van der Waals surface area contributed by atoms with E-state index in [1.54, 1.807) is 7.11 Å².